The average molecular weight is 703 g/mol. The molecule has 1 aliphatic carbocycles. The van der Waals surface area contributed by atoms with Gasteiger partial charge in [-0.3, -0.25) is 14.6 Å². The van der Waals surface area contributed by atoms with Crippen LogP contribution in [0.2, 0.25) is 0 Å². The molecule has 1 spiro atoms. The van der Waals surface area contributed by atoms with Crippen molar-refractivity contribution in [2.75, 3.05) is 57.3 Å². The van der Waals surface area contributed by atoms with Gasteiger partial charge in [-0.25, -0.2) is 0 Å². The third kappa shape index (κ3) is 3.23. The first-order valence-corrected chi connectivity index (χ1v) is 20.4. The van der Waals surface area contributed by atoms with Gasteiger partial charge < -0.3 is 24.4 Å². The molecule has 2 aromatic rings. The van der Waals surface area contributed by atoms with Crippen molar-refractivity contribution in [1.29, 1.82) is 0 Å². The summed E-state index contributed by atoms with van der Waals surface area (Å²) in [5, 5.41) is 11.7. The number of carbonyl (C=O) groups excluding carboxylic acids is 1. The predicted octanol–water partition coefficient (Wildman–Crippen LogP) is 4.89. The number of likely N-dealkylation sites (N-methyl/N-ethyl adjacent to an activating group) is 2. The number of para-hydroxylation sites is 2. The molecular weight excluding hydrogens is 649 g/mol. The normalized spacial score (nSPS) is 50.0. The zero-order chi connectivity index (χ0) is 35.2. The summed E-state index contributed by atoms with van der Waals surface area (Å²) in [5.41, 5.74) is 7.79. The molecule has 2 aromatic carbocycles. The maximum Gasteiger partial charge on any atom is 0.306 e. The molecule has 8 heteroatoms. The number of anilines is 2. The molecule has 274 valence electrons. The van der Waals surface area contributed by atoms with E-state index < -0.39 is 0 Å². The van der Waals surface area contributed by atoms with Gasteiger partial charge in [-0.15, -0.1) is 0 Å². The molecule has 7 saturated heterocycles. The molecule has 1 unspecified atom stereocenters. The molecule has 0 amide bonds. The van der Waals surface area contributed by atoms with Crippen LogP contribution in [0.15, 0.2) is 54.1 Å². The zero-order valence-corrected chi connectivity index (χ0v) is 31.4. The lowest BCUT2D eigenvalue weighted by atomic mass is 9.55. The third-order valence-electron chi connectivity index (χ3n) is 18.3. The monoisotopic (exact) mass is 702 g/mol. The molecular formula is C44H54N4O4. The molecule has 16 atom stereocenters. The minimum atomic E-state index is -0.353. The average Bonchev–Trinajstić information content (AvgIpc) is 3.69. The van der Waals surface area contributed by atoms with E-state index in [9.17, 15) is 9.90 Å². The number of aliphatic hydroxyl groups is 1. The fourth-order valence-corrected chi connectivity index (χ4v) is 16.6. The minimum absolute atomic E-state index is 0.0101. The van der Waals surface area contributed by atoms with Gasteiger partial charge in [0.05, 0.1) is 37.8 Å². The van der Waals surface area contributed by atoms with Crippen LogP contribution < -0.4 is 9.80 Å². The Kier molecular flexibility index (Phi) is 6.07. The molecule has 0 aromatic heterocycles. The quantitative estimate of drug-likeness (QED) is 0.359. The summed E-state index contributed by atoms with van der Waals surface area (Å²) < 4.78 is 12.8. The van der Waals surface area contributed by atoms with Crippen molar-refractivity contribution in [3.8, 4) is 0 Å². The topological polar surface area (TPSA) is 68.7 Å². The number of carbonyl (C=O) groups is 1. The van der Waals surface area contributed by atoms with Gasteiger partial charge >= 0.3 is 5.97 Å². The molecule has 8 fully saturated rings. The highest BCUT2D eigenvalue weighted by Gasteiger charge is 2.81. The van der Waals surface area contributed by atoms with Crippen LogP contribution in [-0.2, 0) is 25.3 Å². The molecule has 10 aliphatic heterocycles. The van der Waals surface area contributed by atoms with Crippen LogP contribution in [0.3, 0.4) is 0 Å². The van der Waals surface area contributed by atoms with Crippen LogP contribution in [0.1, 0.15) is 68.6 Å². The molecule has 10 heterocycles. The maximum atomic E-state index is 13.4. The second kappa shape index (κ2) is 10.0. The van der Waals surface area contributed by atoms with E-state index in [0.717, 1.165) is 32.5 Å². The summed E-state index contributed by atoms with van der Waals surface area (Å²) in [6.45, 7) is 7.54. The summed E-state index contributed by atoms with van der Waals surface area (Å²) in [4.78, 5) is 24.5. The number of aliphatic hydroxyl groups excluding tert-OH is 1. The number of piperidine rings is 6. The van der Waals surface area contributed by atoms with Gasteiger partial charge in [-0.2, -0.15) is 0 Å². The Labute approximate surface area is 308 Å². The van der Waals surface area contributed by atoms with Crippen LogP contribution in [0.25, 0.3) is 0 Å². The summed E-state index contributed by atoms with van der Waals surface area (Å²) in [6.07, 6.45) is 7.20. The van der Waals surface area contributed by atoms with Gasteiger partial charge in [0.25, 0.3) is 0 Å². The van der Waals surface area contributed by atoms with Crippen molar-refractivity contribution in [2.24, 2.45) is 35.0 Å². The van der Waals surface area contributed by atoms with Gasteiger partial charge in [0.15, 0.2) is 0 Å². The van der Waals surface area contributed by atoms with Crippen LogP contribution in [-0.4, -0.2) is 105 Å². The summed E-state index contributed by atoms with van der Waals surface area (Å²) >= 11 is 0. The second-order valence-electron chi connectivity index (χ2n) is 18.9. The van der Waals surface area contributed by atoms with E-state index in [4.69, 9.17) is 9.47 Å². The maximum absolute atomic E-state index is 13.4. The number of fused-ring (bicyclic) bond motifs is 13. The Balaban J connectivity index is 0.984. The first-order valence-electron chi connectivity index (χ1n) is 20.4. The number of rotatable bonds is 3. The number of nitrogens with zero attached hydrogens (tertiary/aromatic N) is 4. The molecule has 0 radical (unpaired) electrons. The lowest BCUT2D eigenvalue weighted by molar-refractivity contribution is -0.204. The Morgan fingerprint density at radius 2 is 1.87 bits per heavy atom. The highest BCUT2D eigenvalue weighted by Crippen LogP contribution is 2.77. The van der Waals surface area contributed by atoms with Gasteiger partial charge in [0.2, 0.25) is 0 Å². The van der Waals surface area contributed by atoms with Crippen LogP contribution in [0.5, 0.6) is 0 Å². The zero-order valence-electron chi connectivity index (χ0n) is 31.4. The van der Waals surface area contributed by atoms with Gasteiger partial charge in [-0.1, -0.05) is 48.0 Å². The molecule has 1 saturated carbocycles. The minimum Gasteiger partial charge on any atom is -0.469 e. The van der Waals surface area contributed by atoms with Crippen molar-refractivity contribution in [1.82, 2.24) is 9.80 Å². The fraction of sp³-hybridized carbons (Fsp3) is 0.659. The first-order chi connectivity index (χ1) is 25.2. The van der Waals surface area contributed by atoms with Gasteiger partial charge in [0.1, 0.15) is 0 Å². The first kappa shape index (κ1) is 31.4. The van der Waals surface area contributed by atoms with E-state index in [2.05, 4.69) is 96.1 Å². The number of esters is 1. The molecule has 11 aliphatic rings. The van der Waals surface area contributed by atoms with E-state index in [1.807, 2.05) is 0 Å². The lowest BCUT2D eigenvalue weighted by Crippen LogP contribution is -2.72. The summed E-state index contributed by atoms with van der Waals surface area (Å²) in [5.74, 6) is 2.24. The van der Waals surface area contributed by atoms with E-state index in [0.29, 0.717) is 60.2 Å². The molecule has 7 bridgehead atoms. The third-order valence-corrected chi connectivity index (χ3v) is 18.3. The van der Waals surface area contributed by atoms with Crippen molar-refractivity contribution in [2.45, 2.75) is 99.1 Å². The number of allylic oxidation sites excluding steroid dienone is 1. The SMILES string of the molecule is C/C=C1\CN2[C@H]3C[C@@]45c6cccc7c6N(C[C@H]6[C@@H]8C[C@H]9[C@H]%10[C@@H](C[C@@H]([C@@H]8CO[C@@]76C)N9C)c6ccccc6N%10C)[C@H]4[C@@H]2C[C@@H]1[C@]3(CC(=O)OC)[C@@H]5CO. The fourth-order valence-electron chi connectivity index (χ4n) is 16.6. The van der Waals surface area contributed by atoms with Crippen molar-refractivity contribution >= 4 is 17.3 Å². The largest absolute Gasteiger partial charge is 0.469 e. The predicted molar refractivity (Wildman–Crippen MR) is 199 cm³/mol. The highest BCUT2D eigenvalue weighted by molar-refractivity contribution is 5.76. The molecule has 13 rings (SSSR count). The number of hydrogen-bond donors (Lipinski definition) is 1. The van der Waals surface area contributed by atoms with E-state index in [1.54, 1.807) is 5.56 Å². The van der Waals surface area contributed by atoms with E-state index in [-0.39, 0.29) is 47.0 Å². The Hall–Kier alpha value is -2.91. The van der Waals surface area contributed by atoms with Crippen LogP contribution in [0, 0.1) is 35.0 Å². The second-order valence-corrected chi connectivity index (χ2v) is 18.9. The Morgan fingerprint density at radius 1 is 1.04 bits per heavy atom. The molecule has 52 heavy (non-hydrogen) atoms. The van der Waals surface area contributed by atoms with Gasteiger partial charge in [-0.05, 0) is 75.6 Å². The van der Waals surface area contributed by atoms with Crippen LogP contribution >= 0.6 is 0 Å². The summed E-state index contributed by atoms with van der Waals surface area (Å²) in [6, 6.07) is 18.8. The van der Waals surface area contributed by atoms with Gasteiger partial charge in [0, 0.05) is 102 Å². The number of benzene rings is 2. The van der Waals surface area contributed by atoms with Crippen molar-refractivity contribution < 1.29 is 19.4 Å². The number of methoxy groups -OCH3 is 1. The molecule has 8 nitrogen and oxygen atoms in total. The smallest absolute Gasteiger partial charge is 0.306 e. The van der Waals surface area contributed by atoms with Crippen molar-refractivity contribution in [3.05, 3.63) is 70.8 Å². The number of hydrogen-bond acceptors (Lipinski definition) is 8. The molecule has 1 N–H and O–H groups in total. The standard InChI is InChI=1S/C44H54N4O4/c1-6-23-19-47-35-16-30(23)43(18-38(50)51-5)36(21-49)44(17-37(43)47)29-12-9-11-28-40(29)48(41(35)44)20-31-25-14-34-39-26(24-10-7-8-13-32(24)46(39)4)15-33(45(34)3)27(25)22-52-42(28,31)2/h6-13,25-27,30-31,33-37,39,41,49H,14-22H2,1-5H3/b23-6+/t25-,26+,27-,30+,31+,33+,34+,35+,36+,37+,39-,41+,42+,43-,44+/m1/s1. The Bertz CT molecular complexity index is 1950. The van der Waals surface area contributed by atoms with Crippen LogP contribution in [0.4, 0.5) is 11.4 Å². The number of ether oxygens (including phenoxy) is 2. The van der Waals surface area contributed by atoms with E-state index >= 15 is 0 Å². The lowest BCUT2D eigenvalue weighted by Gasteiger charge is -2.65. The summed E-state index contributed by atoms with van der Waals surface area (Å²) in [7, 11) is 6.29. The highest BCUT2D eigenvalue weighted by atomic mass is 16.5. The van der Waals surface area contributed by atoms with E-state index in [1.165, 1.54) is 48.0 Å². The van der Waals surface area contributed by atoms with Crippen molar-refractivity contribution in [3.63, 3.8) is 0 Å². The Morgan fingerprint density at radius 3 is 2.67 bits per heavy atom.